The number of piperidine rings is 1. The van der Waals surface area contributed by atoms with Crippen LogP contribution in [0.2, 0.25) is 0 Å². The van der Waals surface area contributed by atoms with Gasteiger partial charge in [-0.15, -0.1) is 0 Å². The molecule has 4 N–H and O–H groups in total. The maximum absolute atomic E-state index is 5.43. The highest BCUT2D eigenvalue weighted by Gasteiger charge is 2.22. The van der Waals surface area contributed by atoms with Crippen LogP contribution in [0.5, 0.6) is 0 Å². The van der Waals surface area contributed by atoms with Gasteiger partial charge in [0.25, 0.3) is 0 Å². The molecule has 0 aliphatic carbocycles. The molecular weight excluding hydrogens is 242 g/mol. The lowest BCUT2D eigenvalue weighted by molar-refractivity contribution is 0.403. The minimum atomic E-state index is 0.422. The highest BCUT2D eigenvalue weighted by Crippen LogP contribution is 2.28. The van der Waals surface area contributed by atoms with Crippen molar-refractivity contribution in [1.82, 2.24) is 20.2 Å². The number of fused-ring (bicyclic) bond motifs is 1. The second-order valence-electron chi connectivity index (χ2n) is 5.01. The Morgan fingerprint density at radius 1 is 1.53 bits per heavy atom. The van der Waals surface area contributed by atoms with Crippen molar-refractivity contribution in [2.45, 2.75) is 26.2 Å². The Kier molecular flexibility index (Phi) is 3.20. The Labute approximate surface area is 111 Å². The predicted molar refractivity (Wildman–Crippen MR) is 74.7 cm³/mol. The molecule has 2 aromatic heterocycles. The van der Waals surface area contributed by atoms with E-state index in [0.29, 0.717) is 5.95 Å². The molecule has 102 valence electrons. The molecule has 1 saturated heterocycles. The molecular formula is C12H19N7. The average Bonchev–Trinajstić information content (AvgIpc) is 2.94. The maximum Gasteiger partial charge on any atom is 0.241 e. The van der Waals surface area contributed by atoms with E-state index in [1.54, 1.807) is 6.20 Å². The first kappa shape index (κ1) is 12.2. The van der Waals surface area contributed by atoms with Gasteiger partial charge in [0.05, 0.1) is 11.6 Å². The quantitative estimate of drug-likeness (QED) is 0.568. The molecule has 1 unspecified atom stereocenters. The highest BCUT2D eigenvalue weighted by molar-refractivity contribution is 5.87. The number of nitrogens with two attached hydrogens (primary N) is 1. The van der Waals surface area contributed by atoms with Crippen molar-refractivity contribution in [1.29, 1.82) is 0 Å². The third-order valence-electron chi connectivity index (χ3n) is 3.81. The summed E-state index contributed by atoms with van der Waals surface area (Å²) in [6.07, 6.45) is 5.49. The number of rotatable bonds is 3. The number of anilines is 2. The summed E-state index contributed by atoms with van der Waals surface area (Å²) in [4.78, 5) is 11.1. The number of aromatic nitrogens is 4. The van der Waals surface area contributed by atoms with Crippen LogP contribution in [0.15, 0.2) is 6.20 Å². The van der Waals surface area contributed by atoms with E-state index >= 15 is 0 Å². The minimum Gasteiger partial charge on any atom is -0.356 e. The Hall–Kier alpha value is -1.89. The SMILES string of the molecule is CCC1CCCN(c2nc(NN)nc3[nH]ncc23)C1. The number of nitrogen functional groups attached to an aromatic ring is 1. The fourth-order valence-corrected chi connectivity index (χ4v) is 2.72. The van der Waals surface area contributed by atoms with Gasteiger partial charge in [0.15, 0.2) is 5.65 Å². The van der Waals surface area contributed by atoms with Crippen molar-refractivity contribution in [2.24, 2.45) is 11.8 Å². The molecule has 1 fully saturated rings. The van der Waals surface area contributed by atoms with Gasteiger partial charge in [0, 0.05) is 13.1 Å². The van der Waals surface area contributed by atoms with Crippen molar-refractivity contribution < 1.29 is 0 Å². The summed E-state index contributed by atoms with van der Waals surface area (Å²) in [7, 11) is 0. The molecule has 19 heavy (non-hydrogen) atoms. The van der Waals surface area contributed by atoms with Crippen LogP contribution in [0, 0.1) is 5.92 Å². The first-order valence-corrected chi connectivity index (χ1v) is 6.74. The van der Waals surface area contributed by atoms with E-state index in [4.69, 9.17) is 5.84 Å². The van der Waals surface area contributed by atoms with Crippen molar-refractivity contribution in [3.63, 3.8) is 0 Å². The van der Waals surface area contributed by atoms with Crippen LogP contribution < -0.4 is 16.2 Å². The second kappa shape index (κ2) is 5.00. The lowest BCUT2D eigenvalue weighted by Gasteiger charge is -2.33. The molecule has 7 heteroatoms. The summed E-state index contributed by atoms with van der Waals surface area (Å²) >= 11 is 0. The first-order valence-electron chi connectivity index (χ1n) is 6.74. The van der Waals surface area contributed by atoms with E-state index in [1.165, 1.54) is 19.3 Å². The summed E-state index contributed by atoms with van der Waals surface area (Å²) < 4.78 is 0. The zero-order valence-electron chi connectivity index (χ0n) is 11.1. The standard InChI is InChI=1S/C12H19N7/c1-2-8-4-3-5-19(7-8)11-9-6-14-18-10(9)15-12(16-11)17-13/h6,8H,2-5,7,13H2,1H3,(H2,14,15,16,17,18). The molecule has 1 aliphatic heterocycles. The summed E-state index contributed by atoms with van der Waals surface area (Å²) in [6, 6.07) is 0. The van der Waals surface area contributed by atoms with Crippen LogP contribution in [0.4, 0.5) is 11.8 Å². The summed E-state index contributed by atoms with van der Waals surface area (Å²) in [5.74, 6) is 7.51. The monoisotopic (exact) mass is 261 g/mol. The number of hydrazine groups is 1. The van der Waals surface area contributed by atoms with E-state index in [0.717, 1.165) is 35.9 Å². The van der Waals surface area contributed by atoms with Gasteiger partial charge in [0.2, 0.25) is 5.95 Å². The molecule has 0 spiro atoms. The Morgan fingerprint density at radius 2 is 2.42 bits per heavy atom. The summed E-state index contributed by atoms with van der Waals surface area (Å²) in [6.45, 7) is 4.31. The van der Waals surface area contributed by atoms with Gasteiger partial charge in [-0.2, -0.15) is 15.1 Å². The van der Waals surface area contributed by atoms with Crippen molar-refractivity contribution in [3.05, 3.63) is 6.20 Å². The third-order valence-corrected chi connectivity index (χ3v) is 3.81. The second-order valence-corrected chi connectivity index (χ2v) is 5.01. The van der Waals surface area contributed by atoms with Gasteiger partial charge < -0.3 is 4.90 Å². The number of H-pyrrole nitrogens is 1. The zero-order valence-corrected chi connectivity index (χ0v) is 11.1. The number of hydrogen-bond donors (Lipinski definition) is 3. The van der Waals surface area contributed by atoms with Gasteiger partial charge in [-0.3, -0.25) is 10.5 Å². The third kappa shape index (κ3) is 2.21. The van der Waals surface area contributed by atoms with Crippen LogP contribution >= 0.6 is 0 Å². The van der Waals surface area contributed by atoms with Gasteiger partial charge >= 0.3 is 0 Å². The molecule has 1 aliphatic rings. The number of aromatic amines is 1. The number of nitrogens with one attached hydrogen (secondary N) is 2. The van der Waals surface area contributed by atoms with Gasteiger partial charge in [-0.05, 0) is 18.8 Å². The average molecular weight is 261 g/mol. The molecule has 0 radical (unpaired) electrons. The molecule has 0 bridgehead atoms. The first-order chi connectivity index (χ1) is 9.31. The molecule has 7 nitrogen and oxygen atoms in total. The van der Waals surface area contributed by atoms with Gasteiger partial charge in [-0.1, -0.05) is 13.3 Å². The van der Waals surface area contributed by atoms with E-state index in [1.807, 2.05) is 0 Å². The molecule has 0 amide bonds. The smallest absolute Gasteiger partial charge is 0.241 e. The van der Waals surface area contributed by atoms with Gasteiger partial charge in [0.1, 0.15) is 5.82 Å². The summed E-state index contributed by atoms with van der Waals surface area (Å²) in [5, 5.41) is 7.88. The molecule has 1 atom stereocenters. The number of nitrogens with zero attached hydrogens (tertiary/aromatic N) is 4. The molecule has 3 rings (SSSR count). The van der Waals surface area contributed by atoms with Crippen molar-refractivity contribution >= 4 is 22.8 Å². The molecule has 0 aromatic carbocycles. The van der Waals surface area contributed by atoms with Crippen LogP contribution in [-0.4, -0.2) is 33.3 Å². The minimum absolute atomic E-state index is 0.422. The maximum atomic E-state index is 5.43. The molecule has 3 heterocycles. The van der Waals surface area contributed by atoms with E-state index < -0.39 is 0 Å². The van der Waals surface area contributed by atoms with Crippen LogP contribution in [0.3, 0.4) is 0 Å². The topological polar surface area (TPSA) is 95.8 Å². The van der Waals surface area contributed by atoms with E-state index in [9.17, 15) is 0 Å². The van der Waals surface area contributed by atoms with Gasteiger partial charge in [-0.25, -0.2) is 5.84 Å². The van der Waals surface area contributed by atoms with Crippen LogP contribution in [0.25, 0.3) is 11.0 Å². The van der Waals surface area contributed by atoms with Crippen molar-refractivity contribution in [3.8, 4) is 0 Å². The lowest BCUT2D eigenvalue weighted by atomic mass is 9.95. The fourth-order valence-electron chi connectivity index (χ4n) is 2.72. The van der Waals surface area contributed by atoms with E-state index in [2.05, 4.69) is 37.4 Å². The molecule has 2 aromatic rings. The fraction of sp³-hybridized carbons (Fsp3) is 0.583. The molecule has 0 saturated carbocycles. The Bertz CT molecular complexity index is 564. The highest BCUT2D eigenvalue weighted by atomic mass is 15.3. The Morgan fingerprint density at radius 3 is 3.21 bits per heavy atom. The van der Waals surface area contributed by atoms with Crippen molar-refractivity contribution in [2.75, 3.05) is 23.4 Å². The number of hydrogen-bond acceptors (Lipinski definition) is 6. The normalized spacial score (nSPS) is 19.9. The largest absolute Gasteiger partial charge is 0.356 e. The van der Waals surface area contributed by atoms with Crippen LogP contribution in [0.1, 0.15) is 26.2 Å². The zero-order chi connectivity index (χ0) is 13.2. The van der Waals surface area contributed by atoms with Crippen LogP contribution in [-0.2, 0) is 0 Å². The van der Waals surface area contributed by atoms with E-state index in [-0.39, 0.29) is 0 Å². The predicted octanol–water partition coefficient (Wildman–Crippen LogP) is 1.26. The Balaban J connectivity index is 2.00. The lowest BCUT2D eigenvalue weighted by Crippen LogP contribution is -2.36. The summed E-state index contributed by atoms with van der Waals surface area (Å²) in [5.41, 5.74) is 3.24.